The van der Waals surface area contributed by atoms with Crippen molar-refractivity contribution < 1.29 is 28.3 Å². The molecule has 4 aromatic rings. The van der Waals surface area contributed by atoms with Crippen LogP contribution in [-0.2, 0) is 25.7 Å². The highest BCUT2D eigenvalue weighted by Crippen LogP contribution is 2.53. The summed E-state index contributed by atoms with van der Waals surface area (Å²) < 4.78 is 20.2. The zero-order valence-corrected chi connectivity index (χ0v) is 25.2. The van der Waals surface area contributed by atoms with Gasteiger partial charge in [-0.25, -0.2) is 14.1 Å². The van der Waals surface area contributed by atoms with E-state index in [9.17, 15) is 28.4 Å². The SMILES string of the molecule is CCOC(=O)c1ccc(NC(=O)Cn2c3c(sc2=O)[C@@H](c2ccc(F)cc2)[C@H]2C(=O)N(c4ccc(C)cc4)C(=O)[C@H]2S3)cc1. The number of thiazole rings is 1. The summed E-state index contributed by atoms with van der Waals surface area (Å²) in [5, 5.41) is 2.30. The average molecular weight is 632 g/mol. The van der Waals surface area contributed by atoms with Crippen LogP contribution in [0.25, 0.3) is 0 Å². The zero-order chi connectivity index (χ0) is 31.1. The van der Waals surface area contributed by atoms with Gasteiger partial charge in [-0.2, -0.15) is 0 Å². The van der Waals surface area contributed by atoms with Gasteiger partial charge in [0.2, 0.25) is 17.7 Å². The van der Waals surface area contributed by atoms with Gasteiger partial charge in [0.25, 0.3) is 0 Å². The third-order valence-electron chi connectivity index (χ3n) is 7.55. The van der Waals surface area contributed by atoms with Crippen LogP contribution in [0.2, 0.25) is 0 Å². The second-order valence-electron chi connectivity index (χ2n) is 10.4. The average Bonchev–Trinajstić information content (AvgIpc) is 3.45. The number of carbonyl (C=O) groups excluding carboxylic acids is 4. The van der Waals surface area contributed by atoms with Crippen molar-refractivity contribution in [1.82, 2.24) is 4.57 Å². The number of rotatable bonds is 7. The number of halogens is 1. The van der Waals surface area contributed by atoms with E-state index < -0.39 is 51.5 Å². The van der Waals surface area contributed by atoms with Crippen molar-refractivity contribution in [2.45, 2.75) is 36.6 Å². The lowest BCUT2D eigenvalue weighted by Crippen LogP contribution is -2.33. The van der Waals surface area contributed by atoms with Crippen LogP contribution in [0.4, 0.5) is 15.8 Å². The van der Waals surface area contributed by atoms with Crippen molar-refractivity contribution >= 4 is 58.2 Å². The Morgan fingerprint density at radius 3 is 2.27 bits per heavy atom. The molecule has 0 aliphatic carbocycles. The van der Waals surface area contributed by atoms with E-state index in [1.807, 2.05) is 19.1 Å². The van der Waals surface area contributed by atoms with Crippen LogP contribution < -0.4 is 15.1 Å². The lowest BCUT2D eigenvalue weighted by molar-refractivity contribution is -0.122. The Kier molecular flexibility index (Phi) is 7.95. The number of imide groups is 1. The molecule has 3 heterocycles. The first-order chi connectivity index (χ1) is 21.2. The van der Waals surface area contributed by atoms with E-state index in [0.29, 0.717) is 32.4 Å². The molecule has 224 valence electrons. The van der Waals surface area contributed by atoms with Gasteiger partial charge in [0, 0.05) is 16.5 Å². The van der Waals surface area contributed by atoms with Gasteiger partial charge in [0.15, 0.2) is 0 Å². The minimum Gasteiger partial charge on any atom is -0.462 e. The number of esters is 1. The van der Waals surface area contributed by atoms with Gasteiger partial charge in [0.1, 0.15) is 17.6 Å². The van der Waals surface area contributed by atoms with E-state index in [4.69, 9.17) is 4.74 Å². The lowest BCUT2D eigenvalue weighted by Gasteiger charge is -2.30. The first kappa shape index (κ1) is 29.5. The number of nitrogens with one attached hydrogen (secondary N) is 1. The Bertz CT molecular complexity index is 1830. The van der Waals surface area contributed by atoms with E-state index in [1.54, 1.807) is 43.3 Å². The van der Waals surface area contributed by atoms with Gasteiger partial charge in [-0.3, -0.25) is 23.7 Å². The minimum absolute atomic E-state index is 0.239. The van der Waals surface area contributed by atoms with E-state index >= 15 is 0 Å². The molecule has 1 aromatic heterocycles. The number of anilines is 2. The molecule has 3 aromatic carbocycles. The van der Waals surface area contributed by atoms with Crippen molar-refractivity contribution in [3.63, 3.8) is 0 Å². The normalized spacial score (nSPS) is 19.0. The van der Waals surface area contributed by atoms with Gasteiger partial charge in [0.05, 0.1) is 28.8 Å². The van der Waals surface area contributed by atoms with Gasteiger partial charge < -0.3 is 10.1 Å². The van der Waals surface area contributed by atoms with Gasteiger partial charge in [-0.1, -0.05) is 52.9 Å². The number of nitrogens with zero attached hydrogens (tertiary/aromatic N) is 2. The Morgan fingerprint density at radius 2 is 1.61 bits per heavy atom. The second-order valence-corrected chi connectivity index (χ2v) is 12.5. The molecule has 3 atom stereocenters. The number of aryl methyl sites for hydroxylation is 1. The van der Waals surface area contributed by atoms with Crippen LogP contribution in [0.1, 0.15) is 39.2 Å². The lowest BCUT2D eigenvalue weighted by atomic mass is 9.83. The van der Waals surface area contributed by atoms with Crippen LogP contribution in [0.3, 0.4) is 0 Å². The molecule has 0 spiro atoms. The molecule has 0 unspecified atom stereocenters. The Morgan fingerprint density at radius 1 is 0.932 bits per heavy atom. The maximum Gasteiger partial charge on any atom is 0.338 e. The molecule has 1 fully saturated rings. The molecule has 12 heteroatoms. The summed E-state index contributed by atoms with van der Waals surface area (Å²) in [7, 11) is 0. The fourth-order valence-electron chi connectivity index (χ4n) is 5.48. The summed E-state index contributed by atoms with van der Waals surface area (Å²) in [5.41, 5.74) is 2.77. The standard InChI is InChI=1S/C32H26FN3O6S2/c1-3-42-31(40)19-8-12-21(13-9-19)34-23(37)16-35-30-27(44-32(35)41)24(18-6-10-20(33)11-7-18)25-26(43-30)29(39)36(28(25)38)22-14-4-17(2)5-15-22/h4-15,24-26H,3,16H2,1-2H3,(H,34,37)/t24-,25+,26-/m0/s1. The van der Waals surface area contributed by atoms with Crippen molar-refractivity contribution in [3.05, 3.63) is 110 Å². The van der Waals surface area contributed by atoms with Crippen molar-refractivity contribution in [2.75, 3.05) is 16.8 Å². The van der Waals surface area contributed by atoms with Crippen LogP contribution in [0, 0.1) is 18.7 Å². The van der Waals surface area contributed by atoms with E-state index in [1.165, 1.54) is 33.7 Å². The van der Waals surface area contributed by atoms with Crippen LogP contribution in [-0.4, -0.2) is 40.1 Å². The molecule has 0 radical (unpaired) electrons. The third kappa shape index (κ3) is 5.35. The molecular formula is C32H26FN3O6S2. The number of hydrogen-bond donors (Lipinski definition) is 1. The van der Waals surface area contributed by atoms with Gasteiger partial charge in [-0.05, 0) is 67.9 Å². The molecule has 6 rings (SSSR count). The number of amides is 3. The highest BCUT2D eigenvalue weighted by Gasteiger charge is 2.56. The fourth-order valence-corrected chi connectivity index (χ4v) is 8.25. The van der Waals surface area contributed by atoms with Crippen molar-refractivity contribution in [1.29, 1.82) is 0 Å². The van der Waals surface area contributed by atoms with Crippen LogP contribution in [0.5, 0.6) is 0 Å². The molecule has 0 bridgehead atoms. The Balaban J connectivity index is 1.33. The van der Waals surface area contributed by atoms with E-state index in [-0.39, 0.29) is 13.2 Å². The predicted molar refractivity (Wildman–Crippen MR) is 165 cm³/mol. The first-order valence-electron chi connectivity index (χ1n) is 13.8. The smallest absolute Gasteiger partial charge is 0.338 e. The first-order valence-corrected chi connectivity index (χ1v) is 15.5. The fraction of sp³-hybridized carbons (Fsp3) is 0.219. The molecule has 9 nitrogen and oxygen atoms in total. The largest absolute Gasteiger partial charge is 0.462 e. The van der Waals surface area contributed by atoms with E-state index in [2.05, 4.69) is 5.32 Å². The molecule has 0 saturated carbocycles. The summed E-state index contributed by atoms with van der Waals surface area (Å²) in [4.78, 5) is 67.4. The summed E-state index contributed by atoms with van der Waals surface area (Å²) >= 11 is 2.02. The van der Waals surface area contributed by atoms with Crippen molar-refractivity contribution in [2.24, 2.45) is 5.92 Å². The van der Waals surface area contributed by atoms with Gasteiger partial charge in [-0.15, -0.1) is 0 Å². The number of thioether (sulfide) groups is 1. The number of aromatic nitrogens is 1. The molecule has 44 heavy (non-hydrogen) atoms. The van der Waals surface area contributed by atoms with Crippen LogP contribution in [0.15, 0.2) is 82.6 Å². The summed E-state index contributed by atoms with van der Waals surface area (Å²) in [5.74, 6) is -3.76. The highest BCUT2D eigenvalue weighted by molar-refractivity contribution is 8.00. The minimum atomic E-state index is -0.856. The summed E-state index contributed by atoms with van der Waals surface area (Å²) in [6.45, 7) is 3.51. The molecule has 2 aliphatic heterocycles. The Hall–Kier alpha value is -4.55. The predicted octanol–water partition coefficient (Wildman–Crippen LogP) is 4.97. The molecule has 1 saturated heterocycles. The monoisotopic (exact) mass is 631 g/mol. The molecule has 2 aliphatic rings. The number of benzene rings is 3. The third-order valence-corrected chi connectivity index (χ3v) is 10.2. The topological polar surface area (TPSA) is 115 Å². The quantitative estimate of drug-likeness (QED) is 0.226. The number of fused-ring (bicyclic) bond motifs is 2. The van der Waals surface area contributed by atoms with Crippen LogP contribution >= 0.6 is 23.1 Å². The number of ether oxygens (including phenoxy) is 1. The number of carbonyl (C=O) groups is 4. The molecular weight excluding hydrogens is 605 g/mol. The zero-order valence-electron chi connectivity index (χ0n) is 23.6. The Labute approximate surface area is 259 Å². The molecule has 3 amide bonds. The highest BCUT2D eigenvalue weighted by atomic mass is 32.2. The van der Waals surface area contributed by atoms with Gasteiger partial charge >= 0.3 is 10.8 Å². The second kappa shape index (κ2) is 11.9. The summed E-state index contributed by atoms with van der Waals surface area (Å²) in [6, 6.07) is 18.9. The molecule has 1 N–H and O–H groups in total. The number of hydrogen-bond acceptors (Lipinski definition) is 8. The maximum absolute atomic E-state index is 13.9. The maximum atomic E-state index is 13.9. The summed E-state index contributed by atoms with van der Waals surface area (Å²) in [6.07, 6.45) is 0. The van der Waals surface area contributed by atoms with E-state index in [0.717, 1.165) is 28.7 Å². The van der Waals surface area contributed by atoms with Crippen molar-refractivity contribution in [3.8, 4) is 0 Å².